The normalized spacial score (nSPS) is 11.2. The van der Waals surface area contributed by atoms with Crippen LogP contribution in [0.1, 0.15) is 28.1 Å². The smallest absolute Gasteiger partial charge is 0.276 e. The molecule has 2 heterocycles. The monoisotopic (exact) mass is 448 g/mol. The van der Waals surface area contributed by atoms with E-state index in [4.69, 9.17) is 11.6 Å². The molecule has 4 rings (SSSR count). The summed E-state index contributed by atoms with van der Waals surface area (Å²) in [6, 6.07) is 13.5. The molecule has 4 aromatic rings. The zero-order valence-corrected chi connectivity index (χ0v) is 19.3. The van der Waals surface area contributed by atoms with Gasteiger partial charge in [-0.05, 0) is 62.6 Å². The minimum atomic E-state index is -0.291. The number of aryl methyl sites for hydroxylation is 4. The number of aromatic nitrogens is 3. The van der Waals surface area contributed by atoms with Gasteiger partial charge in [0.05, 0.1) is 11.6 Å². The highest BCUT2D eigenvalue weighted by Gasteiger charge is 2.18. The molecule has 1 N–H and O–H groups in total. The van der Waals surface area contributed by atoms with Crippen LogP contribution in [-0.2, 0) is 17.9 Å². The van der Waals surface area contributed by atoms with Crippen molar-refractivity contribution in [3.8, 4) is 0 Å². The van der Waals surface area contributed by atoms with Gasteiger partial charge in [-0.25, -0.2) is 4.68 Å². The minimum Gasteiger partial charge on any atom is -0.343 e. The van der Waals surface area contributed by atoms with Crippen LogP contribution in [0.25, 0.3) is 10.8 Å². The van der Waals surface area contributed by atoms with Crippen molar-refractivity contribution in [2.45, 2.75) is 40.8 Å². The number of anilines is 1. The number of carbonyl (C=O) groups excluding carboxylic acids is 1. The Bertz CT molecular complexity index is 1400. The summed E-state index contributed by atoms with van der Waals surface area (Å²) in [5.74, 6) is -0.291. The molecule has 0 atom stereocenters. The number of fused-ring (bicyclic) bond motifs is 1. The molecule has 0 aliphatic rings. The van der Waals surface area contributed by atoms with Crippen molar-refractivity contribution in [3.63, 3.8) is 0 Å². The fraction of sp³-hybridized carbons (Fsp3) is 0.240. The fourth-order valence-electron chi connectivity index (χ4n) is 4.01. The van der Waals surface area contributed by atoms with Gasteiger partial charge in [0.15, 0.2) is 0 Å². The largest absolute Gasteiger partial charge is 0.343 e. The van der Waals surface area contributed by atoms with Crippen molar-refractivity contribution in [3.05, 3.63) is 92.1 Å². The van der Waals surface area contributed by atoms with Crippen LogP contribution in [-0.4, -0.2) is 20.3 Å². The van der Waals surface area contributed by atoms with Gasteiger partial charge < -0.3 is 9.88 Å². The summed E-state index contributed by atoms with van der Waals surface area (Å²) < 4.78 is 3.30. The number of nitrogens with one attached hydrogen (secondary N) is 1. The molecule has 1 amide bonds. The van der Waals surface area contributed by atoms with Gasteiger partial charge >= 0.3 is 0 Å². The van der Waals surface area contributed by atoms with E-state index in [0.717, 1.165) is 39.2 Å². The molecule has 0 unspecified atom stereocenters. The van der Waals surface area contributed by atoms with Crippen molar-refractivity contribution < 1.29 is 4.79 Å². The Morgan fingerprint density at radius 3 is 2.59 bits per heavy atom. The Hall–Kier alpha value is -3.38. The summed E-state index contributed by atoms with van der Waals surface area (Å²) in [5.41, 5.74) is 5.32. The van der Waals surface area contributed by atoms with Crippen molar-refractivity contribution in [2.24, 2.45) is 0 Å². The quantitative estimate of drug-likeness (QED) is 0.478. The van der Waals surface area contributed by atoms with Crippen LogP contribution >= 0.6 is 11.6 Å². The van der Waals surface area contributed by atoms with E-state index in [1.807, 2.05) is 70.2 Å². The molecule has 0 radical (unpaired) electrons. The average Bonchev–Trinajstić information content (AvgIpc) is 2.98. The maximum absolute atomic E-state index is 13.2. The van der Waals surface area contributed by atoms with E-state index in [0.29, 0.717) is 17.0 Å². The van der Waals surface area contributed by atoms with Gasteiger partial charge in [0.1, 0.15) is 6.54 Å². The van der Waals surface area contributed by atoms with E-state index >= 15 is 0 Å². The molecule has 0 bridgehead atoms. The van der Waals surface area contributed by atoms with Crippen molar-refractivity contribution in [1.82, 2.24) is 14.3 Å². The third-order valence-corrected chi connectivity index (χ3v) is 6.03. The van der Waals surface area contributed by atoms with E-state index in [1.165, 1.54) is 4.68 Å². The predicted molar refractivity (Wildman–Crippen MR) is 129 cm³/mol. The standard InChI is InChI=1S/C25H25ClN4O2/c1-15-8-9-16(2)22(10-15)28-23(31)14-30-25(32)24-18(4)29(17(3)21(24)12-27-30)13-19-6-5-7-20(26)11-19/h5-12H,13-14H2,1-4H3,(H,28,31). The number of benzene rings is 2. The molecule has 0 saturated heterocycles. The third kappa shape index (κ3) is 4.18. The average molecular weight is 449 g/mol. The third-order valence-electron chi connectivity index (χ3n) is 5.80. The molecule has 0 fully saturated rings. The summed E-state index contributed by atoms with van der Waals surface area (Å²) in [5, 5.41) is 9.21. The first kappa shape index (κ1) is 21.8. The summed E-state index contributed by atoms with van der Waals surface area (Å²) in [6.07, 6.45) is 1.67. The number of hydrogen-bond donors (Lipinski definition) is 1. The topological polar surface area (TPSA) is 68.9 Å². The maximum atomic E-state index is 13.2. The molecule has 2 aromatic carbocycles. The van der Waals surface area contributed by atoms with Crippen LogP contribution in [0.3, 0.4) is 0 Å². The van der Waals surface area contributed by atoms with Gasteiger partial charge in [-0.1, -0.05) is 35.9 Å². The van der Waals surface area contributed by atoms with Crippen molar-refractivity contribution in [2.75, 3.05) is 5.32 Å². The lowest BCUT2D eigenvalue weighted by atomic mass is 10.1. The molecule has 0 aliphatic carbocycles. The molecule has 7 heteroatoms. The van der Waals surface area contributed by atoms with Crippen LogP contribution in [0, 0.1) is 27.7 Å². The first-order valence-corrected chi connectivity index (χ1v) is 10.8. The van der Waals surface area contributed by atoms with Crippen LogP contribution in [0.2, 0.25) is 5.02 Å². The van der Waals surface area contributed by atoms with Crippen molar-refractivity contribution >= 4 is 34.0 Å². The Labute approximate surface area is 191 Å². The summed E-state index contributed by atoms with van der Waals surface area (Å²) >= 11 is 6.13. The molecular formula is C25H25ClN4O2. The number of halogens is 1. The van der Waals surface area contributed by atoms with Gasteiger partial charge in [-0.3, -0.25) is 9.59 Å². The Balaban J connectivity index is 1.65. The van der Waals surface area contributed by atoms with Crippen LogP contribution in [0.4, 0.5) is 5.69 Å². The number of hydrogen-bond acceptors (Lipinski definition) is 3. The molecule has 164 valence electrons. The molecule has 0 spiro atoms. The van der Waals surface area contributed by atoms with Gasteiger partial charge in [0, 0.05) is 34.0 Å². The number of rotatable bonds is 5. The number of nitrogens with zero attached hydrogens (tertiary/aromatic N) is 3. The van der Waals surface area contributed by atoms with E-state index in [1.54, 1.807) is 6.20 Å². The van der Waals surface area contributed by atoms with Gasteiger partial charge in [0.2, 0.25) is 5.91 Å². The molecule has 32 heavy (non-hydrogen) atoms. The number of amides is 1. The van der Waals surface area contributed by atoms with E-state index in [9.17, 15) is 9.59 Å². The predicted octanol–water partition coefficient (Wildman–Crippen LogP) is 4.77. The van der Waals surface area contributed by atoms with E-state index in [-0.39, 0.29) is 18.0 Å². The van der Waals surface area contributed by atoms with E-state index < -0.39 is 0 Å². The molecule has 2 aromatic heterocycles. The number of carbonyl (C=O) groups is 1. The van der Waals surface area contributed by atoms with Crippen molar-refractivity contribution in [1.29, 1.82) is 0 Å². The minimum absolute atomic E-state index is 0.153. The summed E-state index contributed by atoms with van der Waals surface area (Å²) in [4.78, 5) is 25.9. The lowest BCUT2D eigenvalue weighted by molar-refractivity contribution is -0.117. The highest BCUT2D eigenvalue weighted by molar-refractivity contribution is 6.30. The summed E-state index contributed by atoms with van der Waals surface area (Å²) in [6.45, 7) is 8.23. The Morgan fingerprint density at radius 1 is 1.06 bits per heavy atom. The van der Waals surface area contributed by atoms with Crippen LogP contribution in [0.15, 0.2) is 53.5 Å². The second-order valence-corrected chi connectivity index (χ2v) is 8.59. The van der Waals surface area contributed by atoms with Crippen LogP contribution < -0.4 is 10.9 Å². The van der Waals surface area contributed by atoms with Gasteiger partial charge in [0.25, 0.3) is 5.56 Å². The molecule has 0 saturated carbocycles. The summed E-state index contributed by atoms with van der Waals surface area (Å²) in [7, 11) is 0. The SMILES string of the molecule is Cc1ccc(C)c(NC(=O)Cn2ncc3c(C)n(Cc4cccc(Cl)c4)c(C)c3c2=O)c1. The zero-order chi connectivity index (χ0) is 23.0. The van der Waals surface area contributed by atoms with E-state index in [2.05, 4.69) is 15.0 Å². The zero-order valence-electron chi connectivity index (χ0n) is 18.6. The lowest BCUT2D eigenvalue weighted by Crippen LogP contribution is -2.29. The lowest BCUT2D eigenvalue weighted by Gasteiger charge is -2.10. The van der Waals surface area contributed by atoms with Gasteiger partial charge in [-0.15, -0.1) is 0 Å². The first-order valence-electron chi connectivity index (χ1n) is 10.4. The highest BCUT2D eigenvalue weighted by atomic mass is 35.5. The highest BCUT2D eigenvalue weighted by Crippen LogP contribution is 2.24. The fourth-order valence-corrected chi connectivity index (χ4v) is 4.22. The molecule has 0 aliphatic heterocycles. The molecular weight excluding hydrogens is 424 g/mol. The first-order chi connectivity index (χ1) is 15.2. The van der Waals surface area contributed by atoms with Crippen LogP contribution in [0.5, 0.6) is 0 Å². The Morgan fingerprint density at radius 2 is 1.84 bits per heavy atom. The van der Waals surface area contributed by atoms with Gasteiger partial charge in [-0.2, -0.15) is 5.10 Å². The molecule has 6 nitrogen and oxygen atoms in total. The second kappa shape index (κ2) is 8.63. The maximum Gasteiger partial charge on any atom is 0.276 e. The Kier molecular flexibility index (Phi) is 5.89. The second-order valence-electron chi connectivity index (χ2n) is 8.15.